The second kappa shape index (κ2) is 5.18. The number of benzene rings is 1. The molecule has 0 fully saturated rings. The summed E-state index contributed by atoms with van der Waals surface area (Å²) in [6, 6.07) is 3.30. The average Bonchev–Trinajstić information content (AvgIpc) is 2.71. The number of aromatic nitrogens is 1. The van der Waals surface area contributed by atoms with Gasteiger partial charge in [0.2, 0.25) is 0 Å². The SMILES string of the molecule is COc1c(N)nsc1NCc1cc(F)ccc1F. The third-order valence-electron chi connectivity index (χ3n) is 2.33. The summed E-state index contributed by atoms with van der Waals surface area (Å²) in [6.45, 7) is 0.127. The number of hydrogen-bond acceptors (Lipinski definition) is 5. The molecule has 0 aliphatic carbocycles. The summed E-state index contributed by atoms with van der Waals surface area (Å²) in [4.78, 5) is 0. The molecule has 0 saturated heterocycles. The number of methoxy groups -OCH3 is 1. The number of nitrogens with zero attached hydrogens (tertiary/aromatic N) is 1. The molecule has 7 heteroatoms. The summed E-state index contributed by atoms with van der Waals surface area (Å²) in [6.07, 6.45) is 0. The third-order valence-corrected chi connectivity index (χ3v) is 3.13. The van der Waals surface area contributed by atoms with E-state index in [1.807, 2.05) is 0 Å². The minimum absolute atomic E-state index is 0.127. The predicted octanol–water partition coefficient (Wildman–Crippen LogP) is 2.62. The van der Waals surface area contributed by atoms with Crippen LogP contribution >= 0.6 is 11.5 Å². The monoisotopic (exact) mass is 271 g/mol. The molecule has 1 aromatic carbocycles. The van der Waals surface area contributed by atoms with E-state index in [0.717, 1.165) is 29.7 Å². The molecule has 1 aromatic heterocycles. The highest BCUT2D eigenvalue weighted by atomic mass is 32.1. The van der Waals surface area contributed by atoms with Gasteiger partial charge in [-0.2, -0.15) is 4.37 Å². The smallest absolute Gasteiger partial charge is 0.197 e. The second-order valence-electron chi connectivity index (χ2n) is 3.52. The Hall–Kier alpha value is -1.89. The van der Waals surface area contributed by atoms with Gasteiger partial charge < -0.3 is 15.8 Å². The fraction of sp³-hybridized carbons (Fsp3) is 0.182. The first-order valence-corrected chi connectivity index (χ1v) is 5.86. The Morgan fingerprint density at radius 1 is 1.44 bits per heavy atom. The predicted molar refractivity (Wildman–Crippen MR) is 66.8 cm³/mol. The largest absolute Gasteiger partial charge is 0.490 e. The van der Waals surface area contributed by atoms with E-state index in [1.165, 1.54) is 7.11 Å². The zero-order valence-electron chi connectivity index (χ0n) is 9.54. The highest BCUT2D eigenvalue weighted by molar-refractivity contribution is 7.11. The Morgan fingerprint density at radius 3 is 2.94 bits per heavy atom. The number of ether oxygens (including phenoxy) is 1. The van der Waals surface area contributed by atoms with Crippen molar-refractivity contribution in [2.75, 3.05) is 18.2 Å². The number of hydrogen-bond donors (Lipinski definition) is 2. The van der Waals surface area contributed by atoms with Gasteiger partial charge in [0.1, 0.15) is 11.6 Å². The Kier molecular flexibility index (Phi) is 3.61. The van der Waals surface area contributed by atoms with Gasteiger partial charge in [-0.25, -0.2) is 8.78 Å². The molecular formula is C11H11F2N3OS. The zero-order valence-corrected chi connectivity index (χ0v) is 10.4. The first-order valence-electron chi connectivity index (χ1n) is 5.08. The Balaban J connectivity index is 2.13. The molecule has 0 radical (unpaired) electrons. The van der Waals surface area contributed by atoms with E-state index < -0.39 is 11.6 Å². The van der Waals surface area contributed by atoms with E-state index in [9.17, 15) is 8.78 Å². The maximum atomic E-state index is 13.4. The Morgan fingerprint density at radius 2 is 2.22 bits per heavy atom. The van der Waals surface area contributed by atoms with E-state index in [4.69, 9.17) is 10.5 Å². The topological polar surface area (TPSA) is 60.2 Å². The molecule has 0 atom stereocenters. The van der Waals surface area contributed by atoms with Gasteiger partial charge in [0.25, 0.3) is 0 Å². The summed E-state index contributed by atoms with van der Waals surface area (Å²) < 4.78 is 35.3. The minimum Gasteiger partial charge on any atom is -0.490 e. The molecule has 0 spiro atoms. The zero-order chi connectivity index (χ0) is 13.1. The van der Waals surface area contributed by atoms with E-state index in [0.29, 0.717) is 10.8 Å². The summed E-state index contributed by atoms with van der Waals surface area (Å²) in [5.41, 5.74) is 5.80. The van der Waals surface area contributed by atoms with Crippen molar-refractivity contribution in [2.24, 2.45) is 0 Å². The maximum Gasteiger partial charge on any atom is 0.197 e. The van der Waals surface area contributed by atoms with Gasteiger partial charge in [0.05, 0.1) is 7.11 Å². The molecule has 2 aromatic rings. The van der Waals surface area contributed by atoms with Crippen LogP contribution in [0.2, 0.25) is 0 Å². The summed E-state index contributed by atoms with van der Waals surface area (Å²) >= 11 is 1.10. The molecule has 96 valence electrons. The third kappa shape index (κ3) is 2.51. The average molecular weight is 271 g/mol. The Bertz CT molecular complexity index is 559. The lowest BCUT2D eigenvalue weighted by Gasteiger charge is -2.07. The highest BCUT2D eigenvalue weighted by Gasteiger charge is 2.12. The second-order valence-corrected chi connectivity index (χ2v) is 4.29. The van der Waals surface area contributed by atoms with E-state index >= 15 is 0 Å². The summed E-state index contributed by atoms with van der Waals surface area (Å²) in [5.74, 6) is -0.272. The van der Waals surface area contributed by atoms with Crippen molar-refractivity contribution < 1.29 is 13.5 Å². The van der Waals surface area contributed by atoms with Gasteiger partial charge >= 0.3 is 0 Å². The van der Waals surface area contributed by atoms with Crippen molar-refractivity contribution >= 4 is 22.4 Å². The molecule has 0 unspecified atom stereocenters. The van der Waals surface area contributed by atoms with E-state index in [1.54, 1.807) is 0 Å². The number of nitrogens with one attached hydrogen (secondary N) is 1. The molecule has 0 amide bonds. The lowest BCUT2D eigenvalue weighted by molar-refractivity contribution is 0.419. The molecule has 3 N–H and O–H groups in total. The van der Waals surface area contributed by atoms with Crippen LogP contribution in [-0.4, -0.2) is 11.5 Å². The van der Waals surface area contributed by atoms with Crippen molar-refractivity contribution in [3.05, 3.63) is 35.4 Å². The molecule has 4 nitrogen and oxygen atoms in total. The highest BCUT2D eigenvalue weighted by Crippen LogP contribution is 2.34. The van der Waals surface area contributed by atoms with Crippen LogP contribution in [0.1, 0.15) is 5.56 Å². The van der Waals surface area contributed by atoms with Gasteiger partial charge in [-0.15, -0.1) is 0 Å². The van der Waals surface area contributed by atoms with E-state index in [-0.39, 0.29) is 17.9 Å². The molecule has 0 aliphatic heterocycles. The number of rotatable bonds is 4. The first-order chi connectivity index (χ1) is 8.61. The standard InChI is InChI=1S/C11H11F2N3OS/c1-17-9-10(14)16-18-11(9)15-5-6-4-7(12)2-3-8(6)13/h2-4,15H,5H2,1H3,(H2,14,16). The van der Waals surface area contributed by atoms with Crippen LogP contribution < -0.4 is 15.8 Å². The quantitative estimate of drug-likeness (QED) is 0.897. The summed E-state index contributed by atoms with van der Waals surface area (Å²) in [5, 5.41) is 3.50. The fourth-order valence-corrected chi connectivity index (χ4v) is 2.14. The normalized spacial score (nSPS) is 10.4. The van der Waals surface area contributed by atoms with Gasteiger partial charge in [-0.1, -0.05) is 0 Å². The fourth-order valence-electron chi connectivity index (χ4n) is 1.46. The van der Waals surface area contributed by atoms with E-state index in [2.05, 4.69) is 9.69 Å². The van der Waals surface area contributed by atoms with Crippen LogP contribution in [0.15, 0.2) is 18.2 Å². The lowest BCUT2D eigenvalue weighted by Crippen LogP contribution is -2.02. The van der Waals surface area contributed by atoms with Crippen molar-refractivity contribution in [3.8, 4) is 5.75 Å². The van der Waals surface area contributed by atoms with Gasteiger partial charge in [-0.05, 0) is 29.7 Å². The van der Waals surface area contributed by atoms with Gasteiger partial charge in [0.15, 0.2) is 16.6 Å². The van der Waals surface area contributed by atoms with Crippen molar-refractivity contribution in [1.82, 2.24) is 4.37 Å². The molecule has 0 bridgehead atoms. The number of anilines is 2. The molecule has 18 heavy (non-hydrogen) atoms. The molecular weight excluding hydrogens is 260 g/mol. The van der Waals surface area contributed by atoms with Gasteiger partial charge in [0, 0.05) is 12.1 Å². The molecule has 0 aliphatic rings. The Labute approximate surface area is 107 Å². The number of nitrogens with two attached hydrogens (primary N) is 1. The summed E-state index contributed by atoms with van der Waals surface area (Å²) in [7, 11) is 1.47. The lowest BCUT2D eigenvalue weighted by atomic mass is 10.2. The van der Waals surface area contributed by atoms with Crippen LogP contribution in [0.3, 0.4) is 0 Å². The first kappa shape index (κ1) is 12.6. The molecule has 2 rings (SSSR count). The van der Waals surface area contributed by atoms with Crippen LogP contribution in [0.4, 0.5) is 19.6 Å². The van der Waals surface area contributed by atoms with Crippen molar-refractivity contribution in [1.29, 1.82) is 0 Å². The molecule has 1 heterocycles. The van der Waals surface area contributed by atoms with Crippen molar-refractivity contribution in [3.63, 3.8) is 0 Å². The van der Waals surface area contributed by atoms with Crippen LogP contribution in [0.25, 0.3) is 0 Å². The number of halogens is 2. The van der Waals surface area contributed by atoms with Crippen molar-refractivity contribution in [2.45, 2.75) is 6.54 Å². The van der Waals surface area contributed by atoms with Crippen LogP contribution in [-0.2, 0) is 6.54 Å². The minimum atomic E-state index is -0.482. The van der Waals surface area contributed by atoms with Gasteiger partial charge in [-0.3, -0.25) is 0 Å². The number of nitrogen functional groups attached to an aromatic ring is 1. The molecule has 0 saturated carbocycles. The van der Waals surface area contributed by atoms with Crippen LogP contribution in [0.5, 0.6) is 5.75 Å². The maximum absolute atomic E-state index is 13.4. The van der Waals surface area contributed by atoms with Crippen LogP contribution in [0, 0.1) is 11.6 Å².